The van der Waals surface area contributed by atoms with Gasteiger partial charge < -0.3 is 11.1 Å². The number of hydrogen-bond acceptors (Lipinski definition) is 3. The Morgan fingerprint density at radius 2 is 2.05 bits per heavy atom. The summed E-state index contributed by atoms with van der Waals surface area (Å²) in [6.45, 7) is 4.30. The lowest BCUT2D eigenvalue weighted by Crippen LogP contribution is -2.23. The van der Waals surface area contributed by atoms with Gasteiger partial charge in [-0.05, 0) is 49.2 Å². The molecule has 1 aromatic carbocycles. The lowest BCUT2D eigenvalue weighted by molar-refractivity contribution is 0.0951. The zero-order chi connectivity index (χ0) is 13.8. The van der Waals surface area contributed by atoms with E-state index in [9.17, 15) is 4.79 Å². The van der Waals surface area contributed by atoms with Gasteiger partial charge in [0.2, 0.25) is 0 Å². The molecule has 0 fully saturated rings. The first kappa shape index (κ1) is 13.1. The van der Waals surface area contributed by atoms with Crippen molar-refractivity contribution in [2.45, 2.75) is 20.4 Å². The van der Waals surface area contributed by atoms with Crippen molar-refractivity contribution in [1.29, 1.82) is 0 Å². The van der Waals surface area contributed by atoms with Crippen LogP contribution in [0.1, 0.15) is 27.2 Å². The molecule has 1 amide bonds. The highest BCUT2D eigenvalue weighted by molar-refractivity contribution is 5.95. The zero-order valence-electron chi connectivity index (χ0n) is 11.1. The van der Waals surface area contributed by atoms with Crippen LogP contribution in [0.5, 0.6) is 0 Å². The standard InChI is InChI=1S/C15H17N3O/c1-10-5-13(7-14(16)6-10)15(19)18-9-12-4-3-11(2)17-8-12/h3-8H,9,16H2,1-2H3,(H,18,19). The van der Waals surface area contributed by atoms with E-state index in [1.54, 1.807) is 12.3 Å². The molecule has 98 valence electrons. The van der Waals surface area contributed by atoms with Crippen LogP contribution < -0.4 is 11.1 Å². The van der Waals surface area contributed by atoms with Crippen molar-refractivity contribution in [1.82, 2.24) is 10.3 Å². The van der Waals surface area contributed by atoms with Gasteiger partial charge in [-0.2, -0.15) is 0 Å². The smallest absolute Gasteiger partial charge is 0.251 e. The summed E-state index contributed by atoms with van der Waals surface area (Å²) >= 11 is 0. The maximum absolute atomic E-state index is 12.0. The van der Waals surface area contributed by atoms with Crippen LogP contribution in [-0.2, 0) is 6.54 Å². The predicted octanol–water partition coefficient (Wildman–Crippen LogP) is 2.21. The molecular weight excluding hydrogens is 238 g/mol. The lowest BCUT2D eigenvalue weighted by atomic mass is 10.1. The zero-order valence-corrected chi connectivity index (χ0v) is 11.1. The third-order valence-corrected chi connectivity index (χ3v) is 2.79. The average molecular weight is 255 g/mol. The molecule has 0 aliphatic heterocycles. The Labute approximate surface area is 112 Å². The van der Waals surface area contributed by atoms with Gasteiger partial charge in [0.25, 0.3) is 5.91 Å². The van der Waals surface area contributed by atoms with Crippen molar-refractivity contribution >= 4 is 11.6 Å². The summed E-state index contributed by atoms with van der Waals surface area (Å²) in [5.74, 6) is -0.129. The van der Waals surface area contributed by atoms with Gasteiger partial charge in [0.15, 0.2) is 0 Å². The molecule has 0 radical (unpaired) electrons. The molecule has 0 atom stereocenters. The first-order valence-electron chi connectivity index (χ1n) is 6.11. The van der Waals surface area contributed by atoms with Crippen molar-refractivity contribution < 1.29 is 4.79 Å². The van der Waals surface area contributed by atoms with E-state index >= 15 is 0 Å². The van der Waals surface area contributed by atoms with Crippen molar-refractivity contribution in [3.8, 4) is 0 Å². The molecule has 4 heteroatoms. The van der Waals surface area contributed by atoms with Gasteiger partial charge in [-0.15, -0.1) is 0 Å². The Hall–Kier alpha value is -2.36. The number of hydrogen-bond donors (Lipinski definition) is 2. The van der Waals surface area contributed by atoms with Gasteiger partial charge >= 0.3 is 0 Å². The van der Waals surface area contributed by atoms with E-state index < -0.39 is 0 Å². The number of nitrogen functional groups attached to an aromatic ring is 1. The summed E-state index contributed by atoms with van der Waals surface area (Å²) in [7, 11) is 0. The van der Waals surface area contributed by atoms with E-state index in [0.717, 1.165) is 16.8 Å². The summed E-state index contributed by atoms with van der Waals surface area (Å²) in [5, 5.41) is 2.85. The molecule has 2 aromatic rings. The Morgan fingerprint density at radius 1 is 1.26 bits per heavy atom. The van der Waals surface area contributed by atoms with Crippen LogP contribution in [0.3, 0.4) is 0 Å². The number of pyridine rings is 1. The summed E-state index contributed by atoms with van der Waals surface area (Å²) in [5.41, 5.74) is 9.82. The van der Waals surface area contributed by atoms with Gasteiger partial charge in [-0.1, -0.05) is 6.07 Å². The average Bonchev–Trinajstić information content (AvgIpc) is 2.36. The number of benzene rings is 1. The van der Waals surface area contributed by atoms with Crippen LogP contribution in [0.25, 0.3) is 0 Å². The quantitative estimate of drug-likeness (QED) is 0.826. The number of aromatic nitrogens is 1. The maximum atomic E-state index is 12.0. The van der Waals surface area contributed by atoms with E-state index in [0.29, 0.717) is 17.8 Å². The number of aryl methyl sites for hydroxylation is 2. The molecule has 0 unspecified atom stereocenters. The monoisotopic (exact) mass is 255 g/mol. The molecule has 1 aromatic heterocycles. The molecule has 0 saturated heterocycles. The summed E-state index contributed by atoms with van der Waals surface area (Å²) in [6, 6.07) is 9.20. The second-order valence-corrected chi connectivity index (χ2v) is 4.62. The molecule has 0 spiro atoms. The predicted molar refractivity (Wildman–Crippen MR) is 75.7 cm³/mol. The van der Waals surface area contributed by atoms with E-state index in [1.807, 2.05) is 38.1 Å². The Balaban J connectivity index is 2.03. The SMILES string of the molecule is Cc1cc(N)cc(C(=O)NCc2ccc(C)nc2)c1. The molecule has 0 saturated carbocycles. The van der Waals surface area contributed by atoms with E-state index in [-0.39, 0.29) is 5.91 Å². The van der Waals surface area contributed by atoms with Crippen molar-refractivity contribution in [3.63, 3.8) is 0 Å². The molecule has 2 rings (SSSR count). The van der Waals surface area contributed by atoms with E-state index in [1.165, 1.54) is 0 Å². The highest BCUT2D eigenvalue weighted by atomic mass is 16.1. The van der Waals surface area contributed by atoms with Crippen molar-refractivity contribution in [3.05, 3.63) is 58.9 Å². The number of nitrogens with two attached hydrogens (primary N) is 1. The molecule has 19 heavy (non-hydrogen) atoms. The van der Waals surface area contributed by atoms with Crippen LogP contribution in [-0.4, -0.2) is 10.9 Å². The van der Waals surface area contributed by atoms with E-state index in [4.69, 9.17) is 5.73 Å². The number of carbonyl (C=O) groups is 1. The van der Waals surface area contributed by atoms with Crippen molar-refractivity contribution in [2.75, 3.05) is 5.73 Å². The second-order valence-electron chi connectivity index (χ2n) is 4.62. The minimum atomic E-state index is -0.129. The molecule has 4 nitrogen and oxygen atoms in total. The molecule has 0 bridgehead atoms. The number of rotatable bonds is 3. The minimum Gasteiger partial charge on any atom is -0.399 e. The lowest BCUT2D eigenvalue weighted by Gasteiger charge is -2.07. The van der Waals surface area contributed by atoms with Gasteiger partial charge in [-0.3, -0.25) is 9.78 Å². The molecular formula is C15H17N3O. The summed E-state index contributed by atoms with van der Waals surface area (Å²) in [4.78, 5) is 16.2. The van der Waals surface area contributed by atoms with Crippen LogP contribution in [0.4, 0.5) is 5.69 Å². The van der Waals surface area contributed by atoms with E-state index in [2.05, 4.69) is 10.3 Å². The van der Waals surface area contributed by atoms with Gasteiger partial charge in [0, 0.05) is 29.7 Å². The highest BCUT2D eigenvalue weighted by Crippen LogP contribution is 2.11. The molecule has 0 aliphatic rings. The minimum absolute atomic E-state index is 0.129. The number of amides is 1. The van der Waals surface area contributed by atoms with Crippen LogP contribution >= 0.6 is 0 Å². The van der Waals surface area contributed by atoms with Crippen LogP contribution in [0.15, 0.2) is 36.5 Å². The molecule has 1 heterocycles. The third kappa shape index (κ3) is 3.55. The first-order valence-corrected chi connectivity index (χ1v) is 6.11. The Morgan fingerprint density at radius 3 is 2.68 bits per heavy atom. The second kappa shape index (κ2) is 5.52. The normalized spacial score (nSPS) is 10.2. The largest absolute Gasteiger partial charge is 0.399 e. The van der Waals surface area contributed by atoms with Crippen LogP contribution in [0.2, 0.25) is 0 Å². The summed E-state index contributed by atoms with van der Waals surface area (Å²) in [6.07, 6.45) is 1.76. The number of anilines is 1. The fourth-order valence-electron chi connectivity index (χ4n) is 1.83. The Kier molecular flexibility index (Phi) is 3.80. The van der Waals surface area contributed by atoms with Crippen LogP contribution in [0, 0.1) is 13.8 Å². The van der Waals surface area contributed by atoms with Gasteiger partial charge in [0.05, 0.1) is 0 Å². The number of nitrogens with zero attached hydrogens (tertiary/aromatic N) is 1. The molecule has 3 N–H and O–H groups in total. The fraction of sp³-hybridized carbons (Fsp3) is 0.200. The van der Waals surface area contributed by atoms with Gasteiger partial charge in [-0.25, -0.2) is 0 Å². The highest BCUT2D eigenvalue weighted by Gasteiger charge is 2.06. The summed E-state index contributed by atoms with van der Waals surface area (Å²) < 4.78 is 0. The topological polar surface area (TPSA) is 68.0 Å². The maximum Gasteiger partial charge on any atom is 0.251 e. The third-order valence-electron chi connectivity index (χ3n) is 2.79. The van der Waals surface area contributed by atoms with Crippen molar-refractivity contribution in [2.24, 2.45) is 0 Å². The number of nitrogens with one attached hydrogen (secondary N) is 1. The molecule has 0 aliphatic carbocycles. The Bertz CT molecular complexity index is 571. The number of carbonyl (C=O) groups excluding carboxylic acids is 1. The first-order chi connectivity index (χ1) is 9.04. The van der Waals surface area contributed by atoms with Gasteiger partial charge in [0.1, 0.15) is 0 Å². The fourth-order valence-corrected chi connectivity index (χ4v) is 1.83.